The van der Waals surface area contributed by atoms with Crippen LogP contribution in [0.25, 0.3) is 70.9 Å². The fraction of sp³-hybridized carbons (Fsp3) is 0.0476. The van der Waals surface area contributed by atoms with E-state index < -0.39 is 0 Å². The summed E-state index contributed by atoms with van der Waals surface area (Å²) in [7, 11) is 0. The molecule has 0 N–H and O–H groups in total. The summed E-state index contributed by atoms with van der Waals surface area (Å²) in [4.78, 5) is 0. The SMILES string of the molecule is C1=CCC=C(n2c3cccc4c5ccc6cc(-c7ccccc7Cc7ccccc7)ccc6c5c5cccc2c5c43)C=C1. The third-order valence-corrected chi connectivity index (χ3v) is 9.20. The molecule has 9 rings (SSSR count). The van der Waals surface area contributed by atoms with Crippen LogP contribution in [0.4, 0.5) is 0 Å². The first-order valence-electron chi connectivity index (χ1n) is 15.1. The van der Waals surface area contributed by atoms with Crippen molar-refractivity contribution >= 4 is 59.8 Å². The molecule has 43 heavy (non-hydrogen) atoms. The van der Waals surface area contributed by atoms with E-state index in [1.54, 1.807) is 0 Å². The molecule has 0 spiro atoms. The lowest BCUT2D eigenvalue weighted by molar-refractivity contribution is 1.20. The van der Waals surface area contributed by atoms with Crippen molar-refractivity contribution in [1.29, 1.82) is 0 Å². The van der Waals surface area contributed by atoms with Crippen LogP contribution in [0.3, 0.4) is 0 Å². The molecule has 1 aliphatic rings. The molecule has 0 amide bonds. The van der Waals surface area contributed by atoms with Crippen molar-refractivity contribution < 1.29 is 0 Å². The van der Waals surface area contributed by atoms with Gasteiger partial charge in [0.2, 0.25) is 0 Å². The topological polar surface area (TPSA) is 4.93 Å². The monoisotopic (exact) mass is 547 g/mol. The molecule has 7 aromatic carbocycles. The Morgan fingerprint density at radius 2 is 1.30 bits per heavy atom. The van der Waals surface area contributed by atoms with E-state index in [4.69, 9.17) is 0 Å². The number of hydrogen-bond acceptors (Lipinski definition) is 0. The molecule has 0 aliphatic heterocycles. The van der Waals surface area contributed by atoms with E-state index in [1.807, 2.05) is 0 Å². The normalized spacial score (nSPS) is 13.5. The summed E-state index contributed by atoms with van der Waals surface area (Å²) in [5.41, 5.74) is 9.03. The van der Waals surface area contributed by atoms with Crippen LogP contribution in [0.2, 0.25) is 0 Å². The first-order chi connectivity index (χ1) is 21.3. The lowest BCUT2D eigenvalue weighted by atomic mass is 9.89. The first kappa shape index (κ1) is 24.2. The minimum absolute atomic E-state index is 0.923. The maximum absolute atomic E-state index is 2.46. The minimum Gasteiger partial charge on any atom is -0.310 e. The molecule has 1 aliphatic carbocycles. The second kappa shape index (κ2) is 9.58. The van der Waals surface area contributed by atoms with Crippen LogP contribution >= 0.6 is 0 Å². The number of allylic oxidation sites excluding steroid dienone is 6. The number of fused-ring (bicyclic) bond motifs is 5. The molecule has 0 fully saturated rings. The van der Waals surface area contributed by atoms with Crippen LogP contribution < -0.4 is 0 Å². The van der Waals surface area contributed by atoms with E-state index in [1.165, 1.54) is 82.1 Å². The van der Waals surface area contributed by atoms with E-state index in [-0.39, 0.29) is 0 Å². The van der Waals surface area contributed by atoms with Gasteiger partial charge in [0.05, 0.1) is 11.0 Å². The highest BCUT2D eigenvalue weighted by Gasteiger charge is 2.21. The second-order valence-electron chi connectivity index (χ2n) is 11.6. The van der Waals surface area contributed by atoms with Gasteiger partial charge in [0, 0.05) is 16.5 Å². The van der Waals surface area contributed by atoms with Crippen molar-refractivity contribution in [2.75, 3.05) is 0 Å². The predicted molar refractivity (Wildman–Crippen MR) is 185 cm³/mol. The van der Waals surface area contributed by atoms with Gasteiger partial charge in [-0.15, -0.1) is 0 Å². The fourth-order valence-electron chi connectivity index (χ4n) is 7.34. The van der Waals surface area contributed by atoms with Crippen LogP contribution in [0, 0.1) is 0 Å². The van der Waals surface area contributed by atoms with Gasteiger partial charge in [-0.1, -0.05) is 127 Å². The van der Waals surface area contributed by atoms with Crippen LogP contribution in [-0.2, 0) is 6.42 Å². The summed E-state index contributed by atoms with van der Waals surface area (Å²) in [6.45, 7) is 0. The minimum atomic E-state index is 0.923. The zero-order chi connectivity index (χ0) is 28.3. The van der Waals surface area contributed by atoms with E-state index in [0.717, 1.165) is 12.8 Å². The molecular weight excluding hydrogens is 518 g/mol. The zero-order valence-electron chi connectivity index (χ0n) is 23.8. The maximum atomic E-state index is 2.46. The molecule has 0 saturated heterocycles. The van der Waals surface area contributed by atoms with Crippen LogP contribution in [0.5, 0.6) is 0 Å². The van der Waals surface area contributed by atoms with Crippen molar-refractivity contribution in [3.8, 4) is 11.1 Å². The van der Waals surface area contributed by atoms with Crippen molar-refractivity contribution in [3.05, 3.63) is 163 Å². The largest absolute Gasteiger partial charge is 0.310 e. The molecule has 1 heterocycles. The van der Waals surface area contributed by atoms with E-state index >= 15 is 0 Å². The number of hydrogen-bond donors (Lipinski definition) is 0. The van der Waals surface area contributed by atoms with Crippen molar-refractivity contribution in [1.82, 2.24) is 4.57 Å². The average Bonchev–Trinajstić information content (AvgIpc) is 3.19. The number of nitrogens with zero attached hydrogens (tertiary/aromatic N) is 1. The molecule has 0 bridgehead atoms. The molecule has 1 heteroatoms. The zero-order valence-corrected chi connectivity index (χ0v) is 23.8. The van der Waals surface area contributed by atoms with Crippen LogP contribution in [-0.4, -0.2) is 4.57 Å². The Hall–Kier alpha value is -5.40. The molecule has 1 nitrogen and oxygen atoms in total. The number of benzene rings is 7. The van der Waals surface area contributed by atoms with Crippen molar-refractivity contribution in [3.63, 3.8) is 0 Å². The highest BCUT2D eigenvalue weighted by atomic mass is 15.0. The van der Waals surface area contributed by atoms with Gasteiger partial charge in [-0.05, 0) is 91.7 Å². The summed E-state index contributed by atoms with van der Waals surface area (Å²) in [5, 5.41) is 10.6. The Morgan fingerprint density at radius 3 is 2.19 bits per heavy atom. The summed E-state index contributed by atoms with van der Waals surface area (Å²) < 4.78 is 2.46. The summed E-state index contributed by atoms with van der Waals surface area (Å²) in [6.07, 6.45) is 12.9. The number of aromatic nitrogens is 1. The average molecular weight is 548 g/mol. The quantitative estimate of drug-likeness (QED) is 0.193. The van der Waals surface area contributed by atoms with Gasteiger partial charge in [0.15, 0.2) is 0 Å². The van der Waals surface area contributed by atoms with Gasteiger partial charge < -0.3 is 4.57 Å². The van der Waals surface area contributed by atoms with Gasteiger partial charge in [-0.3, -0.25) is 0 Å². The second-order valence-corrected chi connectivity index (χ2v) is 11.6. The summed E-state index contributed by atoms with van der Waals surface area (Å²) in [6, 6.07) is 45.0. The molecular formula is C42H29N. The van der Waals surface area contributed by atoms with Crippen LogP contribution in [0.1, 0.15) is 17.5 Å². The molecule has 0 saturated carbocycles. The smallest absolute Gasteiger partial charge is 0.0547 e. The third kappa shape index (κ3) is 3.72. The molecule has 202 valence electrons. The van der Waals surface area contributed by atoms with Crippen molar-refractivity contribution in [2.24, 2.45) is 0 Å². The molecule has 0 radical (unpaired) electrons. The Kier molecular flexibility index (Phi) is 5.39. The van der Waals surface area contributed by atoms with Gasteiger partial charge in [-0.25, -0.2) is 0 Å². The van der Waals surface area contributed by atoms with E-state index in [0.29, 0.717) is 0 Å². The maximum Gasteiger partial charge on any atom is 0.0547 e. The molecule has 0 atom stereocenters. The summed E-state index contributed by atoms with van der Waals surface area (Å²) in [5.74, 6) is 0. The fourth-order valence-corrected chi connectivity index (χ4v) is 7.34. The van der Waals surface area contributed by atoms with E-state index in [9.17, 15) is 0 Å². The highest BCUT2D eigenvalue weighted by molar-refractivity contribution is 6.38. The lowest BCUT2D eigenvalue weighted by Crippen LogP contribution is -1.94. The highest BCUT2D eigenvalue weighted by Crippen LogP contribution is 2.46. The van der Waals surface area contributed by atoms with Gasteiger partial charge in [0.25, 0.3) is 0 Å². The predicted octanol–water partition coefficient (Wildman–Crippen LogP) is 11.3. The standard InChI is InChI=1S/C42H29N/c1-2-7-16-32(15-6-1)43-38-20-10-18-35-36-25-23-31-27-30(33-17-9-8-14-29(33)26-28-12-4-3-5-13-28)22-24-34(31)40(36)37-19-11-21-39(43)42(37)41(35)38/h1-6,8-25,27H,7,26H2. The Labute approximate surface area is 250 Å². The lowest BCUT2D eigenvalue weighted by Gasteiger charge is -2.14. The molecule has 1 aromatic heterocycles. The Balaban J connectivity index is 1.29. The first-order valence-corrected chi connectivity index (χ1v) is 15.1. The molecule has 0 unspecified atom stereocenters. The van der Waals surface area contributed by atoms with Gasteiger partial charge in [0.1, 0.15) is 0 Å². The number of rotatable bonds is 4. The summed E-state index contributed by atoms with van der Waals surface area (Å²) >= 11 is 0. The van der Waals surface area contributed by atoms with Crippen molar-refractivity contribution in [2.45, 2.75) is 12.8 Å². The third-order valence-electron chi connectivity index (χ3n) is 9.20. The molecule has 8 aromatic rings. The Bertz CT molecular complexity index is 2430. The van der Waals surface area contributed by atoms with Gasteiger partial charge >= 0.3 is 0 Å². The Morgan fingerprint density at radius 1 is 0.558 bits per heavy atom. The van der Waals surface area contributed by atoms with Gasteiger partial charge in [-0.2, -0.15) is 0 Å². The van der Waals surface area contributed by atoms with Crippen LogP contribution in [0.15, 0.2) is 152 Å². The van der Waals surface area contributed by atoms with E-state index in [2.05, 4.69) is 156 Å².